The van der Waals surface area contributed by atoms with Gasteiger partial charge < -0.3 is 10.5 Å². The van der Waals surface area contributed by atoms with Gasteiger partial charge in [0.1, 0.15) is 0 Å². The molecule has 13 rings (SSSR count). The number of rotatable bonds is 9. The summed E-state index contributed by atoms with van der Waals surface area (Å²) in [6.45, 7) is 11.9. The quantitative estimate of drug-likeness (QED) is 0.105. The molecule has 1 saturated heterocycles. The second kappa shape index (κ2) is 38.2. The normalized spacial score (nSPS) is 15.8. The Hall–Kier alpha value is -5.76. The molecule has 2 N–H and O–H groups in total. The molecule has 5 aliphatic rings. The number of nitrogens with two attached hydrogens (primary N) is 1. The van der Waals surface area contributed by atoms with E-state index in [1.807, 2.05) is 24.3 Å². The Morgan fingerprint density at radius 1 is 0.474 bits per heavy atom. The summed E-state index contributed by atoms with van der Waals surface area (Å²) in [5.74, 6) is 0.361. The van der Waals surface area contributed by atoms with Crippen LogP contribution in [0.15, 0.2) is 239 Å². The molecule has 8 aromatic carbocycles. The standard InChI is InChI=1S/C17H19NO2S.C17H15NO2S.C17H13NO2S.C16H14O3S.C4H8O.C4H12Si.B.2HI.Zn/c3*18-12-14-6-4-5-13-11-16(9-10-17(13)14)21(19,20)15-7-2-1-3-8-15;17-16-8-4-5-12-11-14(9-10-15(12)16)20(18,19)13-6-2-1-3-7-13;1-2-4-5-3-1;1-5(2,3)4;;;;/h1-3,7-11,14H,4-6,12,18H2;1-3,7-11,14H,4-6H2;1-3,6-11H,4-5H2;1-3,6-7,9-11H,4-5,8H2;1-4H2;1-4H3;;2*1H;/q;;;;;;;;;+2/p-2. The summed E-state index contributed by atoms with van der Waals surface area (Å²) < 4.78 is 106. The zero-order valence-electron chi connectivity index (χ0n) is 55.2. The average molecular weight is 1670 g/mol. The predicted molar refractivity (Wildman–Crippen MR) is 402 cm³/mol. The van der Waals surface area contributed by atoms with E-state index in [-0.39, 0.29) is 49.8 Å². The summed E-state index contributed by atoms with van der Waals surface area (Å²) in [7, 11) is -14.5. The van der Waals surface area contributed by atoms with Crippen molar-refractivity contribution >= 4 is 107 Å². The zero-order chi connectivity index (χ0) is 69.5. The predicted octanol–water partition coefficient (Wildman–Crippen LogP) is 16.9. The van der Waals surface area contributed by atoms with Gasteiger partial charge in [0.2, 0.25) is 39.3 Å². The summed E-state index contributed by atoms with van der Waals surface area (Å²) in [4.78, 5) is 14.2. The van der Waals surface area contributed by atoms with Crippen LogP contribution in [0.4, 0.5) is 0 Å². The van der Waals surface area contributed by atoms with Crippen molar-refractivity contribution in [3.8, 4) is 12.1 Å². The van der Waals surface area contributed by atoms with Gasteiger partial charge in [-0.15, -0.1) is 0 Å². The number of hydrogen-bond acceptors (Lipinski definition) is 13. The molecule has 1 fully saturated rings. The first-order valence-electron chi connectivity index (χ1n) is 32.0. The fourth-order valence-corrected chi connectivity index (χ4v) is 16.8. The first-order chi connectivity index (χ1) is 45.9. The molecule has 1 heterocycles. The molecule has 2 unspecified atom stereocenters. The van der Waals surface area contributed by atoms with Gasteiger partial charge in [0.05, 0.1) is 62.8 Å². The van der Waals surface area contributed by atoms with Gasteiger partial charge in [0.15, 0.2) is 5.78 Å². The number of aryl methyl sites for hydroxylation is 4. The summed E-state index contributed by atoms with van der Waals surface area (Å²) in [5, 5.41) is 18.3. The van der Waals surface area contributed by atoms with Crippen LogP contribution in [0.2, 0.25) is 26.2 Å². The first-order valence-corrected chi connectivity index (χ1v) is 60.1. The fourth-order valence-electron chi connectivity index (χ4n) is 11.4. The maximum absolute atomic E-state index is 12.6. The molecule has 13 nitrogen and oxygen atoms in total. The van der Waals surface area contributed by atoms with Gasteiger partial charge in [-0.2, -0.15) is 10.5 Å². The SMILES string of the molecule is C1CCOC1.C[Si](C)(C)C.N#CC1=CCCc2cc(S(=O)(=O)c3ccccc3)ccc21.N#CC1CCCc2cc(S(=O)(=O)c3ccccc3)ccc21.NCC1CCCc2cc(S(=O)(=O)c3ccccc3)ccc21.O=C1CCCc2cc(S(=O)(=O)c3ccccc3)ccc21.[B].[I][Zn][I]. The number of nitrogens with zero attached hydrogens (tertiary/aromatic N) is 2. The third-order valence-corrected chi connectivity index (χ3v) is 23.3. The number of nitriles is 2. The number of Topliss-reactive ketones (excluding diaryl/α,β-unsaturated/α-hetero) is 1. The van der Waals surface area contributed by atoms with Gasteiger partial charge in [-0.1, -0.05) is 123 Å². The molecule has 0 spiro atoms. The van der Waals surface area contributed by atoms with Crippen LogP contribution >= 0.6 is 39.5 Å². The maximum atomic E-state index is 12.6. The summed E-state index contributed by atoms with van der Waals surface area (Å²) in [5.41, 5.74) is 14.0. The molecule has 3 radical (unpaired) electrons. The summed E-state index contributed by atoms with van der Waals surface area (Å²) >= 11 is 4.93. The van der Waals surface area contributed by atoms with Crippen LogP contribution in [0.1, 0.15) is 119 Å². The Labute approximate surface area is 607 Å². The van der Waals surface area contributed by atoms with E-state index in [4.69, 9.17) is 15.7 Å². The van der Waals surface area contributed by atoms with Crippen molar-refractivity contribution in [2.75, 3.05) is 19.8 Å². The van der Waals surface area contributed by atoms with Crippen molar-refractivity contribution in [2.45, 2.75) is 161 Å². The number of carbonyl (C=O) groups excluding carboxylic acids is 1. The van der Waals surface area contributed by atoms with E-state index >= 15 is 0 Å². The van der Waals surface area contributed by atoms with Gasteiger partial charge in [-0.05, 0) is 232 Å². The Morgan fingerprint density at radius 2 is 0.835 bits per heavy atom. The van der Waals surface area contributed by atoms with Crippen LogP contribution in [0.5, 0.6) is 0 Å². The minimum absolute atomic E-state index is 0. The van der Waals surface area contributed by atoms with Gasteiger partial charge in [0.25, 0.3) is 0 Å². The van der Waals surface area contributed by atoms with E-state index in [1.165, 1.54) is 24.5 Å². The van der Waals surface area contributed by atoms with E-state index in [0.717, 1.165) is 111 Å². The number of ether oxygens (including phenoxy) is 1. The molecule has 4 aliphatic carbocycles. The third kappa shape index (κ3) is 22.4. The number of allylic oxidation sites excluding steroid dienone is 2. The Morgan fingerprint density at radius 3 is 1.23 bits per heavy atom. The average Bonchev–Trinajstić information content (AvgIpc) is 0.902. The molecule has 22 heteroatoms. The molecule has 0 bridgehead atoms. The number of benzene rings is 8. The number of halogens is 2. The van der Waals surface area contributed by atoms with Gasteiger partial charge in [0, 0.05) is 41.7 Å². The molecular formula is C75H81BI2N3O10S4SiZn. The summed E-state index contributed by atoms with van der Waals surface area (Å²) in [6, 6.07) is 58.7. The molecular weight excluding hydrogens is 1590 g/mol. The van der Waals surface area contributed by atoms with Crippen LogP contribution in [0.3, 0.4) is 0 Å². The molecule has 503 valence electrons. The zero-order valence-corrected chi connectivity index (χ0v) is 66.8. The molecule has 0 aromatic heterocycles. The Kier molecular flexibility index (Phi) is 31.5. The van der Waals surface area contributed by atoms with E-state index < -0.39 is 47.4 Å². The number of fused-ring (bicyclic) bond motifs is 4. The van der Waals surface area contributed by atoms with Crippen molar-refractivity contribution in [3.63, 3.8) is 0 Å². The van der Waals surface area contributed by atoms with Gasteiger partial charge >= 0.3 is 49.6 Å². The monoisotopic (exact) mass is 1670 g/mol. The van der Waals surface area contributed by atoms with Crippen molar-refractivity contribution in [1.82, 2.24) is 0 Å². The topological polar surface area (TPSA) is 236 Å². The van der Waals surface area contributed by atoms with E-state index in [9.17, 15) is 43.7 Å². The molecule has 0 saturated carbocycles. The van der Waals surface area contributed by atoms with Crippen molar-refractivity contribution in [1.29, 1.82) is 10.5 Å². The van der Waals surface area contributed by atoms with E-state index in [2.05, 4.69) is 77.8 Å². The van der Waals surface area contributed by atoms with Crippen molar-refractivity contribution < 1.29 is 53.3 Å². The fraction of sp³-hybridized carbons (Fsp3) is 0.293. The van der Waals surface area contributed by atoms with E-state index in [1.54, 1.807) is 170 Å². The number of sulfone groups is 4. The minimum atomic E-state index is -3.50. The molecule has 2 atom stereocenters. The van der Waals surface area contributed by atoms with E-state index in [0.29, 0.717) is 49.6 Å². The van der Waals surface area contributed by atoms with Crippen LogP contribution < -0.4 is 5.73 Å². The first kappa shape index (κ1) is 80.2. The number of carbonyl (C=O) groups is 1. The molecule has 0 amide bonds. The third-order valence-electron chi connectivity index (χ3n) is 16.2. The Balaban J connectivity index is 0.000000191. The van der Waals surface area contributed by atoms with Crippen molar-refractivity contribution in [2.24, 2.45) is 5.73 Å². The number of ketones is 1. The second-order valence-electron chi connectivity index (χ2n) is 25.0. The Bertz CT molecular complexity index is 4520. The van der Waals surface area contributed by atoms with Crippen LogP contribution in [0.25, 0.3) is 5.57 Å². The van der Waals surface area contributed by atoms with Crippen LogP contribution in [0, 0.1) is 22.7 Å². The molecule has 97 heavy (non-hydrogen) atoms. The molecule has 8 aromatic rings. The van der Waals surface area contributed by atoms with Gasteiger partial charge in [-0.3, -0.25) is 4.79 Å². The summed E-state index contributed by atoms with van der Waals surface area (Å²) in [6.07, 6.45) is 13.8. The number of hydrogen-bond donors (Lipinski definition) is 1. The van der Waals surface area contributed by atoms with Gasteiger partial charge in [-0.25, -0.2) is 33.7 Å². The second-order valence-corrected chi connectivity index (χ2v) is 62.3. The van der Waals surface area contributed by atoms with Crippen LogP contribution in [-0.4, -0.2) is 75.7 Å². The molecule has 1 aliphatic heterocycles. The van der Waals surface area contributed by atoms with Crippen LogP contribution in [-0.2, 0) is 79.9 Å². The van der Waals surface area contributed by atoms with Crippen molar-refractivity contribution in [3.05, 3.63) is 245 Å².